The van der Waals surface area contributed by atoms with Crippen LogP contribution in [0, 0.1) is 0 Å². The second kappa shape index (κ2) is 13.3. The maximum absolute atomic E-state index is 13.6. The lowest BCUT2D eigenvalue weighted by Crippen LogP contribution is -2.52. The molecule has 3 rings (SSSR count). The van der Waals surface area contributed by atoms with Gasteiger partial charge in [-0.1, -0.05) is 71.2 Å². The lowest BCUT2D eigenvalue weighted by atomic mass is 10.0. The van der Waals surface area contributed by atoms with E-state index in [2.05, 4.69) is 21.2 Å². The van der Waals surface area contributed by atoms with Crippen LogP contribution in [0.5, 0.6) is 5.75 Å². The second-order valence-corrected chi connectivity index (χ2v) is 10.6. The number of carbonyl (C=O) groups excluding carboxylic acids is 2. The molecule has 9 heteroatoms. The van der Waals surface area contributed by atoms with Crippen LogP contribution in [0.3, 0.4) is 0 Å². The van der Waals surface area contributed by atoms with E-state index in [1.54, 1.807) is 36.4 Å². The van der Waals surface area contributed by atoms with Crippen molar-refractivity contribution < 1.29 is 14.3 Å². The molecule has 0 radical (unpaired) electrons. The maximum Gasteiger partial charge on any atom is 0.261 e. The molecule has 0 saturated heterocycles. The minimum absolute atomic E-state index is 0.0982. The van der Waals surface area contributed by atoms with Gasteiger partial charge in [0.25, 0.3) is 5.91 Å². The summed E-state index contributed by atoms with van der Waals surface area (Å²) < 4.78 is 6.42. The number of carbonyl (C=O) groups is 2. The van der Waals surface area contributed by atoms with Gasteiger partial charge in [0.2, 0.25) is 5.91 Å². The van der Waals surface area contributed by atoms with Crippen LogP contribution in [-0.4, -0.2) is 35.4 Å². The van der Waals surface area contributed by atoms with E-state index in [1.807, 2.05) is 44.2 Å². The van der Waals surface area contributed by atoms with Gasteiger partial charge in [-0.3, -0.25) is 9.59 Å². The van der Waals surface area contributed by atoms with Crippen LogP contribution < -0.4 is 10.1 Å². The highest BCUT2D eigenvalue weighted by atomic mass is 79.9. The standard InChI is InChI=1S/C27H26BrCl3N2O3/c1-17(2)32-27(35)24(13-18-6-4-3-5-7-18)33(15-19-8-10-22(30)23(31)12-19)26(34)16-36-25-11-9-20(29)14-21(25)28/h3-12,14,17,24H,13,15-16H2,1-2H3,(H,32,35). The van der Waals surface area contributed by atoms with Crippen LogP contribution in [0.4, 0.5) is 0 Å². The van der Waals surface area contributed by atoms with Gasteiger partial charge in [0.1, 0.15) is 11.8 Å². The molecule has 0 aliphatic rings. The average molecular weight is 613 g/mol. The smallest absolute Gasteiger partial charge is 0.261 e. The Balaban J connectivity index is 1.94. The molecule has 0 aromatic heterocycles. The quantitative estimate of drug-likeness (QED) is 0.270. The summed E-state index contributed by atoms with van der Waals surface area (Å²) in [4.78, 5) is 28.5. The van der Waals surface area contributed by atoms with Crippen molar-refractivity contribution in [3.05, 3.63) is 97.4 Å². The number of ether oxygens (including phenoxy) is 1. The van der Waals surface area contributed by atoms with Crippen LogP contribution >= 0.6 is 50.7 Å². The molecule has 0 saturated carbocycles. The first-order valence-electron chi connectivity index (χ1n) is 11.3. The predicted octanol–water partition coefficient (Wildman–Crippen LogP) is 6.95. The summed E-state index contributed by atoms with van der Waals surface area (Å²) in [7, 11) is 0. The highest BCUT2D eigenvalue weighted by Crippen LogP contribution is 2.28. The molecule has 0 bridgehead atoms. The molecule has 1 atom stereocenters. The Morgan fingerprint density at radius 3 is 2.31 bits per heavy atom. The van der Waals surface area contributed by atoms with E-state index in [-0.39, 0.29) is 31.0 Å². The first-order chi connectivity index (χ1) is 17.1. The maximum atomic E-state index is 13.6. The van der Waals surface area contributed by atoms with Crippen LogP contribution in [0.2, 0.25) is 15.1 Å². The van der Waals surface area contributed by atoms with Crippen molar-refractivity contribution in [1.29, 1.82) is 0 Å². The van der Waals surface area contributed by atoms with Crippen LogP contribution in [0.15, 0.2) is 71.2 Å². The number of amides is 2. The highest BCUT2D eigenvalue weighted by molar-refractivity contribution is 9.10. The molecular formula is C27H26BrCl3N2O3. The topological polar surface area (TPSA) is 58.6 Å². The first kappa shape index (κ1) is 28.3. The molecule has 0 spiro atoms. The van der Waals surface area contributed by atoms with Gasteiger partial charge >= 0.3 is 0 Å². The molecule has 0 heterocycles. The monoisotopic (exact) mass is 610 g/mol. The van der Waals surface area contributed by atoms with Gasteiger partial charge in [0.05, 0.1) is 14.5 Å². The number of nitrogens with zero attached hydrogens (tertiary/aromatic N) is 1. The van der Waals surface area contributed by atoms with E-state index in [0.717, 1.165) is 11.1 Å². The summed E-state index contributed by atoms with van der Waals surface area (Å²) >= 11 is 21.7. The van der Waals surface area contributed by atoms with Gasteiger partial charge in [-0.2, -0.15) is 0 Å². The zero-order chi connectivity index (χ0) is 26.2. The van der Waals surface area contributed by atoms with Crippen molar-refractivity contribution in [3.8, 4) is 5.75 Å². The largest absolute Gasteiger partial charge is 0.483 e. The summed E-state index contributed by atoms with van der Waals surface area (Å²) in [6.45, 7) is 3.62. The number of hydrogen-bond donors (Lipinski definition) is 1. The molecule has 36 heavy (non-hydrogen) atoms. The molecule has 5 nitrogen and oxygen atoms in total. The molecule has 1 N–H and O–H groups in total. The van der Waals surface area contributed by atoms with Gasteiger partial charge in [0.15, 0.2) is 6.61 Å². The third kappa shape index (κ3) is 8.13. The zero-order valence-corrected chi connectivity index (χ0v) is 23.7. The molecule has 0 aliphatic carbocycles. The fraction of sp³-hybridized carbons (Fsp3) is 0.259. The summed E-state index contributed by atoms with van der Waals surface area (Å²) in [5.41, 5.74) is 1.66. The second-order valence-electron chi connectivity index (χ2n) is 8.50. The van der Waals surface area contributed by atoms with E-state index in [1.165, 1.54) is 4.90 Å². The summed E-state index contributed by atoms with van der Waals surface area (Å²) in [6.07, 6.45) is 0.330. The average Bonchev–Trinajstić information content (AvgIpc) is 2.83. The van der Waals surface area contributed by atoms with E-state index in [4.69, 9.17) is 39.5 Å². The molecule has 3 aromatic carbocycles. The molecule has 2 amide bonds. The Labute approximate surface area is 234 Å². The Hall–Kier alpha value is -2.25. The molecular weight excluding hydrogens is 587 g/mol. The Morgan fingerprint density at radius 1 is 0.944 bits per heavy atom. The number of benzene rings is 3. The predicted molar refractivity (Wildman–Crippen MR) is 149 cm³/mol. The van der Waals surface area contributed by atoms with Gasteiger partial charge in [-0.05, 0) is 71.2 Å². The highest BCUT2D eigenvalue weighted by Gasteiger charge is 2.31. The van der Waals surface area contributed by atoms with Gasteiger partial charge in [-0.15, -0.1) is 0 Å². The Kier molecular flexibility index (Phi) is 10.5. The molecule has 1 unspecified atom stereocenters. The van der Waals surface area contributed by atoms with Crippen molar-refractivity contribution in [3.63, 3.8) is 0 Å². The number of hydrogen-bond acceptors (Lipinski definition) is 3. The summed E-state index contributed by atoms with van der Waals surface area (Å²) in [6, 6.07) is 18.9. The van der Waals surface area contributed by atoms with E-state index < -0.39 is 6.04 Å². The van der Waals surface area contributed by atoms with Crippen LogP contribution in [-0.2, 0) is 22.6 Å². The van der Waals surface area contributed by atoms with Crippen molar-refractivity contribution in [2.45, 2.75) is 38.9 Å². The number of nitrogens with one attached hydrogen (secondary N) is 1. The molecule has 0 aliphatic heterocycles. The van der Waals surface area contributed by atoms with Gasteiger partial charge in [-0.25, -0.2) is 0 Å². The lowest BCUT2D eigenvalue weighted by Gasteiger charge is -2.32. The van der Waals surface area contributed by atoms with Crippen molar-refractivity contribution in [2.24, 2.45) is 0 Å². The third-order valence-electron chi connectivity index (χ3n) is 5.28. The first-order valence-corrected chi connectivity index (χ1v) is 13.2. The van der Waals surface area contributed by atoms with Crippen LogP contribution in [0.1, 0.15) is 25.0 Å². The minimum atomic E-state index is -0.783. The summed E-state index contributed by atoms with van der Waals surface area (Å²) in [5.74, 6) is -0.147. The lowest BCUT2D eigenvalue weighted by molar-refractivity contribution is -0.143. The van der Waals surface area contributed by atoms with Crippen molar-refractivity contribution in [2.75, 3.05) is 6.61 Å². The Morgan fingerprint density at radius 2 is 1.67 bits per heavy atom. The third-order valence-corrected chi connectivity index (χ3v) is 6.88. The van der Waals surface area contributed by atoms with E-state index >= 15 is 0 Å². The zero-order valence-electron chi connectivity index (χ0n) is 19.8. The fourth-order valence-corrected chi connectivity index (χ4v) is 4.70. The molecule has 190 valence electrons. The van der Waals surface area contributed by atoms with Gasteiger partial charge < -0.3 is 15.0 Å². The fourth-order valence-electron chi connectivity index (χ4n) is 3.58. The van der Waals surface area contributed by atoms with E-state index in [0.29, 0.717) is 31.7 Å². The molecule has 3 aromatic rings. The number of halogens is 4. The Bertz CT molecular complexity index is 1210. The van der Waals surface area contributed by atoms with Crippen molar-refractivity contribution in [1.82, 2.24) is 10.2 Å². The van der Waals surface area contributed by atoms with E-state index in [9.17, 15) is 9.59 Å². The van der Waals surface area contributed by atoms with Crippen LogP contribution in [0.25, 0.3) is 0 Å². The SMILES string of the molecule is CC(C)NC(=O)C(Cc1ccccc1)N(Cc1ccc(Cl)c(Cl)c1)C(=O)COc1ccc(Cl)cc1Br. The van der Waals surface area contributed by atoms with Gasteiger partial charge in [0, 0.05) is 24.0 Å². The minimum Gasteiger partial charge on any atom is -0.483 e. The summed E-state index contributed by atoms with van der Waals surface area (Å²) in [5, 5.41) is 4.27. The normalized spacial score (nSPS) is 11.8. The molecule has 0 fully saturated rings. The number of rotatable bonds is 10. The van der Waals surface area contributed by atoms with Crippen molar-refractivity contribution >= 4 is 62.5 Å².